The lowest BCUT2D eigenvalue weighted by Gasteiger charge is -2.17. The highest BCUT2D eigenvalue weighted by molar-refractivity contribution is 6.21. The van der Waals surface area contributed by atoms with Crippen molar-refractivity contribution in [2.24, 2.45) is 0 Å². The average molecular weight is 376 g/mol. The summed E-state index contributed by atoms with van der Waals surface area (Å²) in [4.78, 5) is 44.8. The summed E-state index contributed by atoms with van der Waals surface area (Å²) in [6.07, 6.45) is 4.18. The summed E-state index contributed by atoms with van der Waals surface area (Å²) in [7, 11) is 2.50. The van der Waals surface area contributed by atoms with E-state index in [2.05, 4.69) is 9.78 Å². The third-order valence-corrected chi connectivity index (χ3v) is 3.06. The molecule has 0 radical (unpaired) electrons. The van der Waals surface area contributed by atoms with Gasteiger partial charge in [0.15, 0.2) is 5.78 Å². The van der Waals surface area contributed by atoms with Crippen LogP contribution in [0.15, 0.2) is 35.9 Å². The molecule has 7 nitrogen and oxygen atoms in total. The number of carbonyl (C=O) groups is 3. The number of rotatable bonds is 8. The molecule has 0 fully saturated rings. The van der Waals surface area contributed by atoms with Gasteiger partial charge >= 0.3 is 11.9 Å². The molecule has 0 spiro atoms. The molecular weight excluding hydrogens is 352 g/mol. The third kappa shape index (κ3) is 7.98. The smallest absolute Gasteiger partial charge is 0.376 e. The Kier molecular flexibility index (Phi) is 8.58. The van der Waals surface area contributed by atoms with Crippen LogP contribution in [0.4, 0.5) is 0 Å². The van der Waals surface area contributed by atoms with Gasteiger partial charge in [0.1, 0.15) is 17.8 Å². The van der Waals surface area contributed by atoms with E-state index >= 15 is 0 Å². The quantitative estimate of drug-likeness (QED) is 0.172. The molecule has 7 heteroatoms. The summed E-state index contributed by atoms with van der Waals surface area (Å²) >= 11 is 0. The van der Waals surface area contributed by atoms with Crippen molar-refractivity contribution < 1.29 is 33.6 Å². The molecule has 27 heavy (non-hydrogen) atoms. The molecule has 1 aromatic carbocycles. The van der Waals surface area contributed by atoms with Crippen molar-refractivity contribution in [1.82, 2.24) is 0 Å². The molecule has 0 saturated heterocycles. The number of ether oxygens (including phenoxy) is 2. The molecule has 0 amide bonds. The second-order valence-electron chi connectivity index (χ2n) is 6.45. The summed E-state index contributed by atoms with van der Waals surface area (Å²) in [6.45, 7) is 5.01. The molecule has 0 heterocycles. The molecule has 0 aromatic heterocycles. The maximum Gasteiger partial charge on any atom is 0.376 e. The number of methoxy groups -OCH3 is 1. The molecule has 0 aliphatic rings. The second kappa shape index (κ2) is 10.4. The van der Waals surface area contributed by atoms with E-state index in [1.165, 1.54) is 19.3 Å². The lowest BCUT2D eigenvalue weighted by molar-refractivity contribution is -0.250. The molecule has 0 aliphatic carbocycles. The zero-order chi connectivity index (χ0) is 20.4. The molecule has 0 aliphatic heterocycles. The van der Waals surface area contributed by atoms with Crippen molar-refractivity contribution in [2.45, 2.75) is 26.4 Å². The van der Waals surface area contributed by atoms with Gasteiger partial charge in [0.05, 0.1) is 7.11 Å². The maximum atomic E-state index is 12.2. The zero-order valence-corrected chi connectivity index (χ0v) is 16.1. The van der Waals surface area contributed by atoms with E-state index in [9.17, 15) is 14.4 Å². The van der Waals surface area contributed by atoms with Crippen molar-refractivity contribution in [2.75, 3.05) is 20.8 Å². The predicted octanol–water partition coefficient (Wildman–Crippen LogP) is 2.75. The van der Waals surface area contributed by atoms with E-state index in [4.69, 9.17) is 9.47 Å². The molecule has 0 atom stereocenters. The van der Waals surface area contributed by atoms with Crippen molar-refractivity contribution in [3.05, 3.63) is 47.0 Å². The third-order valence-electron chi connectivity index (χ3n) is 3.06. The number of hydrogen-bond acceptors (Lipinski definition) is 7. The highest BCUT2D eigenvalue weighted by Gasteiger charge is 2.21. The van der Waals surface area contributed by atoms with Crippen molar-refractivity contribution in [1.29, 1.82) is 0 Å². The monoisotopic (exact) mass is 376 g/mol. The Bertz CT molecular complexity index is 719. The van der Waals surface area contributed by atoms with Crippen LogP contribution in [0.2, 0.25) is 0 Å². The van der Waals surface area contributed by atoms with E-state index in [0.29, 0.717) is 11.1 Å². The minimum atomic E-state index is -0.939. The number of carbonyl (C=O) groups excluding carboxylic acids is 3. The lowest BCUT2D eigenvalue weighted by Crippen LogP contribution is -2.22. The summed E-state index contributed by atoms with van der Waals surface area (Å²) < 4.78 is 10.0. The number of Topliss-reactive ketones (excluding diaryl/α,β-unsaturated/α-hetero) is 1. The SMILES string of the molecule is COCC(=O)C(=Cc1ccccc1C=CC(=O)OC(C)(C)C)C(=O)OOC. The van der Waals surface area contributed by atoms with Crippen LogP contribution in [-0.4, -0.2) is 44.1 Å². The zero-order valence-electron chi connectivity index (χ0n) is 16.1. The minimum absolute atomic E-state index is 0.239. The highest BCUT2D eigenvalue weighted by atomic mass is 17.2. The van der Waals surface area contributed by atoms with Gasteiger partial charge in [-0.25, -0.2) is 9.59 Å². The van der Waals surface area contributed by atoms with Crippen LogP contribution in [0.3, 0.4) is 0 Å². The van der Waals surface area contributed by atoms with Crippen LogP contribution in [0, 0.1) is 0 Å². The Morgan fingerprint density at radius 1 is 1.04 bits per heavy atom. The largest absolute Gasteiger partial charge is 0.457 e. The fourth-order valence-corrected chi connectivity index (χ4v) is 2.03. The van der Waals surface area contributed by atoms with E-state index in [1.807, 2.05) is 0 Å². The van der Waals surface area contributed by atoms with Gasteiger partial charge < -0.3 is 9.47 Å². The average Bonchev–Trinajstić information content (AvgIpc) is 2.57. The van der Waals surface area contributed by atoms with Crippen LogP contribution >= 0.6 is 0 Å². The first-order valence-corrected chi connectivity index (χ1v) is 8.17. The summed E-state index contributed by atoms with van der Waals surface area (Å²) in [5.41, 5.74) is 0.294. The van der Waals surface area contributed by atoms with Crippen molar-refractivity contribution >= 4 is 29.9 Å². The predicted molar refractivity (Wildman–Crippen MR) is 99.3 cm³/mol. The summed E-state index contributed by atoms with van der Waals surface area (Å²) in [5, 5.41) is 0. The summed E-state index contributed by atoms with van der Waals surface area (Å²) in [5.74, 6) is -2.01. The summed E-state index contributed by atoms with van der Waals surface area (Å²) in [6, 6.07) is 6.91. The van der Waals surface area contributed by atoms with Crippen molar-refractivity contribution in [3.8, 4) is 0 Å². The maximum absolute atomic E-state index is 12.2. The number of hydrogen-bond donors (Lipinski definition) is 0. The van der Waals surface area contributed by atoms with Gasteiger partial charge in [-0.3, -0.25) is 9.68 Å². The molecule has 146 valence electrons. The van der Waals surface area contributed by atoms with Gasteiger partial charge in [-0.1, -0.05) is 24.3 Å². The minimum Gasteiger partial charge on any atom is -0.457 e. The van der Waals surface area contributed by atoms with Gasteiger partial charge in [-0.2, -0.15) is 4.89 Å². The molecule has 0 N–H and O–H groups in total. The number of esters is 1. The fraction of sp³-hybridized carbons (Fsp3) is 0.350. The molecule has 1 rings (SSSR count). The van der Waals surface area contributed by atoms with E-state index in [1.54, 1.807) is 51.1 Å². The molecule has 0 unspecified atom stereocenters. The molecule has 0 bridgehead atoms. The molecule has 1 aromatic rings. The Morgan fingerprint density at radius 2 is 1.67 bits per heavy atom. The normalized spacial score (nSPS) is 12.1. The van der Waals surface area contributed by atoms with Crippen LogP contribution in [0.1, 0.15) is 31.9 Å². The Hall–Kier alpha value is -2.77. The van der Waals surface area contributed by atoms with Gasteiger partial charge in [0, 0.05) is 13.2 Å². The lowest BCUT2D eigenvalue weighted by atomic mass is 10.0. The number of benzene rings is 1. The Balaban J connectivity index is 3.20. The van der Waals surface area contributed by atoms with E-state index < -0.39 is 23.3 Å². The molecule has 0 saturated carbocycles. The Labute approximate surface area is 158 Å². The van der Waals surface area contributed by atoms with E-state index in [-0.39, 0.29) is 12.2 Å². The van der Waals surface area contributed by atoms with Crippen molar-refractivity contribution in [3.63, 3.8) is 0 Å². The molecular formula is C20H24O7. The van der Waals surface area contributed by atoms with Gasteiger partial charge in [-0.15, -0.1) is 0 Å². The van der Waals surface area contributed by atoms with Gasteiger partial charge in [-0.05, 0) is 44.1 Å². The van der Waals surface area contributed by atoms with E-state index in [0.717, 1.165) is 7.11 Å². The van der Waals surface area contributed by atoms with Gasteiger partial charge in [0.25, 0.3) is 0 Å². The first-order valence-electron chi connectivity index (χ1n) is 8.17. The first kappa shape index (κ1) is 22.3. The first-order chi connectivity index (χ1) is 12.7. The van der Waals surface area contributed by atoms with Crippen LogP contribution in [0.25, 0.3) is 12.2 Å². The topological polar surface area (TPSA) is 88.1 Å². The second-order valence-corrected chi connectivity index (χ2v) is 6.45. The number of ketones is 1. The van der Waals surface area contributed by atoms with Crippen LogP contribution in [0.5, 0.6) is 0 Å². The standard InChI is InChI=1S/C20H24O7/c1-20(2,3)26-18(22)11-10-14-8-6-7-9-15(14)12-16(17(21)13-24-4)19(23)27-25-5/h6-12H,13H2,1-5H3. The van der Waals surface area contributed by atoms with Crippen LogP contribution < -0.4 is 0 Å². The van der Waals surface area contributed by atoms with Crippen LogP contribution in [-0.2, 0) is 33.6 Å². The Morgan fingerprint density at radius 3 is 2.22 bits per heavy atom. The van der Waals surface area contributed by atoms with Gasteiger partial charge in [0.2, 0.25) is 0 Å². The highest BCUT2D eigenvalue weighted by Crippen LogP contribution is 2.17. The fourth-order valence-electron chi connectivity index (χ4n) is 2.03.